The second kappa shape index (κ2) is 8.73. The molecule has 1 aromatic heterocycles. The Hall–Kier alpha value is -3.10. The van der Waals surface area contributed by atoms with Gasteiger partial charge in [-0.15, -0.1) is 0 Å². The van der Waals surface area contributed by atoms with Crippen molar-refractivity contribution >= 4 is 40.2 Å². The van der Waals surface area contributed by atoms with E-state index in [0.717, 1.165) is 5.56 Å². The lowest BCUT2D eigenvalue weighted by molar-refractivity contribution is -0.136. The Bertz CT molecular complexity index is 1060. The third kappa shape index (κ3) is 4.39. The summed E-state index contributed by atoms with van der Waals surface area (Å²) in [6.45, 7) is 2.50. The van der Waals surface area contributed by atoms with Crippen LogP contribution in [-0.4, -0.2) is 58.1 Å². The molecule has 3 aromatic rings. The Balaban J connectivity index is 1.59. The van der Waals surface area contributed by atoms with Gasteiger partial charge in [0.25, 0.3) is 0 Å². The maximum atomic E-state index is 12.5. The van der Waals surface area contributed by atoms with Crippen LogP contribution in [0.25, 0.3) is 10.9 Å². The van der Waals surface area contributed by atoms with Gasteiger partial charge >= 0.3 is 6.09 Å². The number of hydrogen-bond donors (Lipinski definition) is 1. The quantitative estimate of drug-likeness (QED) is 0.674. The van der Waals surface area contributed by atoms with E-state index in [2.05, 4.69) is 5.10 Å². The highest BCUT2D eigenvalue weighted by molar-refractivity contribution is 6.34. The zero-order chi connectivity index (χ0) is 21.1. The number of morpholine rings is 1. The van der Waals surface area contributed by atoms with Gasteiger partial charge in [-0.1, -0.05) is 41.9 Å². The van der Waals surface area contributed by atoms with Crippen molar-refractivity contribution in [2.45, 2.75) is 13.1 Å². The van der Waals surface area contributed by atoms with E-state index < -0.39 is 6.09 Å². The number of carbonyl (C=O) groups is 2. The van der Waals surface area contributed by atoms with E-state index in [1.165, 1.54) is 4.90 Å². The molecule has 1 saturated heterocycles. The van der Waals surface area contributed by atoms with Gasteiger partial charge in [0.2, 0.25) is 5.91 Å². The number of aromatic nitrogens is 2. The average Bonchev–Trinajstić information content (AvgIpc) is 3.13. The van der Waals surface area contributed by atoms with E-state index in [9.17, 15) is 14.7 Å². The Morgan fingerprint density at radius 2 is 1.90 bits per heavy atom. The summed E-state index contributed by atoms with van der Waals surface area (Å²) >= 11 is 6.40. The van der Waals surface area contributed by atoms with Gasteiger partial charge in [0.1, 0.15) is 6.54 Å². The molecule has 0 radical (unpaired) electrons. The number of ether oxygens (including phenoxy) is 1. The maximum absolute atomic E-state index is 12.5. The molecule has 1 aliphatic rings. The minimum Gasteiger partial charge on any atom is -0.465 e. The van der Waals surface area contributed by atoms with Crippen molar-refractivity contribution in [2.24, 2.45) is 0 Å². The van der Waals surface area contributed by atoms with Gasteiger partial charge < -0.3 is 14.7 Å². The lowest BCUT2D eigenvalue weighted by Crippen LogP contribution is -2.42. The summed E-state index contributed by atoms with van der Waals surface area (Å²) < 4.78 is 6.84. The van der Waals surface area contributed by atoms with E-state index >= 15 is 0 Å². The molecule has 0 spiro atoms. The number of fused-ring (bicyclic) bond motifs is 1. The minimum atomic E-state index is -1.10. The van der Waals surface area contributed by atoms with Crippen LogP contribution in [0.3, 0.4) is 0 Å². The highest BCUT2D eigenvalue weighted by Crippen LogP contribution is 2.32. The van der Waals surface area contributed by atoms with E-state index in [-0.39, 0.29) is 24.0 Å². The summed E-state index contributed by atoms with van der Waals surface area (Å²) in [6, 6.07) is 12.6. The first-order valence-corrected chi connectivity index (χ1v) is 9.95. The highest BCUT2D eigenvalue weighted by Gasteiger charge is 2.21. The average molecular weight is 429 g/mol. The molecule has 156 valence electrons. The Kier molecular flexibility index (Phi) is 5.87. The summed E-state index contributed by atoms with van der Waals surface area (Å²) in [5, 5.41) is 15.2. The molecular weight excluding hydrogens is 408 g/mol. The van der Waals surface area contributed by atoms with Gasteiger partial charge in [0.15, 0.2) is 0 Å². The van der Waals surface area contributed by atoms with Crippen molar-refractivity contribution < 1.29 is 19.4 Å². The third-order valence-corrected chi connectivity index (χ3v) is 5.29. The van der Waals surface area contributed by atoms with E-state index in [1.54, 1.807) is 27.9 Å². The first kappa shape index (κ1) is 20.2. The van der Waals surface area contributed by atoms with Gasteiger partial charge in [-0.3, -0.25) is 14.4 Å². The Morgan fingerprint density at radius 1 is 1.17 bits per heavy atom. The molecule has 8 nitrogen and oxygen atoms in total. The number of amides is 2. The summed E-state index contributed by atoms with van der Waals surface area (Å²) in [5.41, 5.74) is 1.83. The largest absolute Gasteiger partial charge is 0.465 e. The van der Waals surface area contributed by atoms with Crippen molar-refractivity contribution in [3.05, 3.63) is 59.2 Å². The minimum absolute atomic E-state index is 0.0336. The number of carboxylic acid groups (broad SMARTS) is 1. The number of carbonyl (C=O) groups excluding carboxylic acids is 1. The van der Waals surface area contributed by atoms with E-state index in [1.807, 2.05) is 30.3 Å². The fourth-order valence-electron chi connectivity index (χ4n) is 3.45. The molecule has 2 aromatic carbocycles. The van der Waals surface area contributed by atoms with Crippen LogP contribution in [0.5, 0.6) is 0 Å². The summed E-state index contributed by atoms with van der Waals surface area (Å²) in [6.07, 6.45) is 0.630. The topological polar surface area (TPSA) is 87.9 Å². The van der Waals surface area contributed by atoms with Crippen LogP contribution < -0.4 is 4.90 Å². The first-order valence-electron chi connectivity index (χ1n) is 9.58. The first-order chi connectivity index (χ1) is 14.5. The Morgan fingerprint density at radius 3 is 2.60 bits per heavy atom. The normalized spacial score (nSPS) is 14.1. The van der Waals surface area contributed by atoms with Crippen LogP contribution in [0.4, 0.5) is 10.5 Å². The van der Waals surface area contributed by atoms with Crippen LogP contribution in [-0.2, 0) is 22.6 Å². The fourth-order valence-corrected chi connectivity index (χ4v) is 3.71. The summed E-state index contributed by atoms with van der Waals surface area (Å²) in [5.74, 6) is -0.0336. The molecule has 2 amide bonds. The van der Waals surface area contributed by atoms with E-state index in [4.69, 9.17) is 16.3 Å². The van der Waals surface area contributed by atoms with Crippen LogP contribution in [0.2, 0.25) is 5.02 Å². The number of anilines is 1. The molecular formula is C21H21ClN4O4. The zero-order valence-corrected chi connectivity index (χ0v) is 17.0. The van der Waals surface area contributed by atoms with Crippen molar-refractivity contribution in [3.8, 4) is 0 Å². The molecule has 0 aliphatic carbocycles. The van der Waals surface area contributed by atoms with Crippen molar-refractivity contribution in [2.75, 3.05) is 31.2 Å². The second-order valence-corrected chi connectivity index (χ2v) is 7.44. The summed E-state index contributed by atoms with van der Waals surface area (Å²) in [4.78, 5) is 27.3. The van der Waals surface area contributed by atoms with Crippen LogP contribution in [0.15, 0.2) is 48.7 Å². The van der Waals surface area contributed by atoms with Crippen molar-refractivity contribution in [1.82, 2.24) is 14.7 Å². The fraction of sp³-hybridized carbons (Fsp3) is 0.286. The monoisotopic (exact) mass is 428 g/mol. The molecule has 0 saturated carbocycles. The predicted molar refractivity (Wildman–Crippen MR) is 113 cm³/mol. The number of benzene rings is 2. The lowest BCUT2D eigenvalue weighted by Gasteiger charge is -2.26. The molecule has 4 rings (SSSR count). The summed E-state index contributed by atoms with van der Waals surface area (Å²) in [7, 11) is 0. The van der Waals surface area contributed by atoms with Crippen molar-refractivity contribution in [1.29, 1.82) is 0 Å². The molecule has 1 N–H and O–H groups in total. The SMILES string of the molecule is O=C(Cn1cc2cc(N(Cc3ccccc3)C(=O)O)c(Cl)cc2n1)N1CCOCC1. The third-order valence-electron chi connectivity index (χ3n) is 4.99. The van der Waals surface area contributed by atoms with Gasteiger partial charge in [-0.2, -0.15) is 5.10 Å². The molecule has 9 heteroatoms. The number of halogens is 1. The van der Waals surface area contributed by atoms with E-state index in [0.29, 0.717) is 42.9 Å². The van der Waals surface area contributed by atoms with Crippen LogP contribution >= 0.6 is 11.6 Å². The molecule has 0 unspecified atom stereocenters. The van der Waals surface area contributed by atoms with Crippen LogP contribution in [0, 0.1) is 0 Å². The number of nitrogens with zero attached hydrogens (tertiary/aromatic N) is 4. The van der Waals surface area contributed by atoms with Gasteiger partial charge in [-0.05, 0) is 17.7 Å². The van der Waals surface area contributed by atoms with Gasteiger partial charge in [0.05, 0.1) is 36.0 Å². The van der Waals surface area contributed by atoms with Gasteiger partial charge in [0, 0.05) is 24.7 Å². The number of rotatable bonds is 5. The van der Waals surface area contributed by atoms with Crippen LogP contribution in [0.1, 0.15) is 5.56 Å². The highest BCUT2D eigenvalue weighted by atomic mass is 35.5. The lowest BCUT2D eigenvalue weighted by atomic mass is 10.2. The molecule has 2 heterocycles. The van der Waals surface area contributed by atoms with Crippen molar-refractivity contribution in [3.63, 3.8) is 0 Å². The number of hydrogen-bond acceptors (Lipinski definition) is 4. The molecule has 0 bridgehead atoms. The second-order valence-electron chi connectivity index (χ2n) is 7.04. The maximum Gasteiger partial charge on any atom is 0.412 e. The smallest absolute Gasteiger partial charge is 0.412 e. The van der Waals surface area contributed by atoms with Gasteiger partial charge in [-0.25, -0.2) is 4.79 Å². The molecule has 1 fully saturated rings. The standard InChI is InChI=1S/C21H21ClN4O4/c22-17-11-18-16(13-25(23-18)14-20(27)24-6-8-30-9-7-24)10-19(17)26(21(28)29)12-15-4-2-1-3-5-15/h1-5,10-11,13H,6-9,12,14H2,(H,28,29). The Labute approximate surface area is 178 Å². The molecule has 0 atom stereocenters. The molecule has 1 aliphatic heterocycles. The zero-order valence-electron chi connectivity index (χ0n) is 16.2. The molecule has 30 heavy (non-hydrogen) atoms. The predicted octanol–water partition coefficient (Wildman–Crippen LogP) is 3.23.